The summed E-state index contributed by atoms with van der Waals surface area (Å²) >= 11 is 0. The van der Waals surface area contributed by atoms with E-state index in [0.29, 0.717) is 29.9 Å². The normalized spacial score (nSPS) is 18.2. The molecule has 0 N–H and O–H groups in total. The molecule has 142 valence electrons. The minimum Gasteiger partial charge on any atom is -0.472 e. The van der Waals surface area contributed by atoms with Crippen molar-refractivity contribution in [3.63, 3.8) is 0 Å². The molecule has 9 nitrogen and oxygen atoms in total. The summed E-state index contributed by atoms with van der Waals surface area (Å²) in [4.78, 5) is 11.7. The van der Waals surface area contributed by atoms with Gasteiger partial charge in [-0.05, 0) is 37.6 Å². The first-order valence-corrected chi connectivity index (χ1v) is 9.85. The molecule has 27 heavy (non-hydrogen) atoms. The lowest BCUT2D eigenvalue weighted by atomic mass is 10.3. The second kappa shape index (κ2) is 6.46. The summed E-state index contributed by atoms with van der Waals surface area (Å²) in [6.45, 7) is 2.39. The van der Waals surface area contributed by atoms with Crippen LogP contribution in [0.1, 0.15) is 12.1 Å². The third-order valence-electron chi connectivity index (χ3n) is 4.57. The summed E-state index contributed by atoms with van der Waals surface area (Å²) in [5, 5.41) is 7.88. The van der Waals surface area contributed by atoms with Crippen LogP contribution in [0.3, 0.4) is 0 Å². The topological polar surface area (TPSA) is 108 Å². The summed E-state index contributed by atoms with van der Waals surface area (Å²) in [7, 11) is -2.17. The Bertz CT molecular complexity index is 1150. The van der Waals surface area contributed by atoms with Crippen LogP contribution in [0.15, 0.2) is 44.4 Å². The van der Waals surface area contributed by atoms with Crippen molar-refractivity contribution in [2.45, 2.75) is 24.3 Å². The maximum Gasteiger partial charge on any atom is 0.419 e. The van der Waals surface area contributed by atoms with Crippen LogP contribution in [-0.4, -0.2) is 46.7 Å². The summed E-state index contributed by atoms with van der Waals surface area (Å²) in [6.07, 6.45) is 0.264. The van der Waals surface area contributed by atoms with Crippen LogP contribution in [0.5, 0.6) is 5.88 Å². The Morgan fingerprint density at radius 1 is 1.22 bits per heavy atom. The van der Waals surface area contributed by atoms with Crippen LogP contribution in [0.25, 0.3) is 11.1 Å². The predicted molar refractivity (Wildman–Crippen MR) is 96.0 cm³/mol. The van der Waals surface area contributed by atoms with Gasteiger partial charge in [0.1, 0.15) is 6.10 Å². The van der Waals surface area contributed by atoms with Crippen molar-refractivity contribution in [2.75, 3.05) is 13.1 Å². The fraction of sp³-hybridized carbons (Fsp3) is 0.353. The number of nitrogens with zero attached hydrogens (tertiary/aromatic N) is 4. The van der Waals surface area contributed by atoms with Crippen molar-refractivity contribution in [1.82, 2.24) is 19.1 Å². The number of aryl methyl sites for hydroxylation is 2. The van der Waals surface area contributed by atoms with E-state index in [4.69, 9.17) is 9.15 Å². The van der Waals surface area contributed by atoms with Gasteiger partial charge in [0.05, 0.1) is 22.7 Å². The third kappa shape index (κ3) is 3.21. The van der Waals surface area contributed by atoms with E-state index in [2.05, 4.69) is 10.2 Å². The summed E-state index contributed by atoms with van der Waals surface area (Å²) in [5.74, 6) is -0.159. The Morgan fingerprint density at radius 3 is 2.78 bits per heavy atom. The van der Waals surface area contributed by atoms with Crippen LogP contribution in [0, 0.1) is 6.92 Å². The molecule has 1 atom stereocenters. The maximum absolute atomic E-state index is 13.0. The SMILES string of the molecule is Cc1ccc(O[C@@H]2CCN(S(=O)(=O)c3ccc4oc(=O)n(C)c4c3)C2)nn1. The van der Waals surface area contributed by atoms with Crippen LogP contribution < -0.4 is 10.5 Å². The van der Waals surface area contributed by atoms with Gasteiger partial charge in [-0.15, -0.1) is 5.10 Å². The van der Waals surface area contributed by atoms with Crippen molar-refractivity contribution in [1.29, 1.82) is 0 Å². The van der Waals surface area contributed by atoms with Gasteiger partial charge >= 0.3 is 5.76 Å². The van der Waals surface area contributed by atoms with E-state index in [-0.39, 0.29) is 17.5 Å². The molecular formula is C17H18N4O5S. The van der Waals surface area contributed by atoms with E-state index >= 15 is 0 Å². The largest absolute Gasteiger partial charge is 0.472 e. The third-order valence-corrected chi connectivity index (χ3v) is 6.43. The molecule has 1 aromatic carbocycles. The van der Waals surface area contributed by atoms with Gasteiger partial charge in [-0.25, -0.2) is 13.2 Å². The highest BCUT2D eigenvalue weighted by Gasteiger charge is 2.34. The molecule has 0 spiro atoms. The number of sulfonamides is 1. The standard InChI is InChI=1S/C17H18N4O5S/c1-11-3-6-16(19-18-11)25-12-7-8-21(10-12)27(23,24)13-4-5-15-14(9-13)20(2)17(22)26-15/h3-6,9,12H,7-8,10H2,1-2H3/t12-/m1/s1. The Morgan fingerprint density at radius 2 is 2.04 bits per heavy atom. The minimum atomic E-state index is -3.71. The Hall–Kier alpha value is -2.72. The lowest BCUT2D eigenvalue weighted by Crippen LogP contribution is -2.31. The molecule has 0 bridgehead atoms. The second-order valence-electron chi connectivity index (χ2n) is 6.46. The number of fused-ring (bicyclic) bond motifs is 1. The van der Waals surface area contributed by atoms with Gasteiger partial charge in [-0.1, -0.05) is 0 Å². The number of hydrogen-bond acceptors (Lipinski definition) is 7. The van der Waals surface area contributed by atoms with Gasteiger partial charge < -0.3 is 9.15 Å². The van der Waals surface area contributed by atoms with E-state index in [0.717, 1.165) is 5.69 Å². The lowest BCUT2D eigenvalue weighted by Gasteiger charge is -2.17. The molecule has 0 unspecified atom stereocenters. The number of hydrogen-bond donors (Lipinski definition) is 0. The first-order chi connectivity index (χ1) is 12.8. The Kier molecular flexibility index (Phi) is 4.23. The van der Waals surface area contributed by atoms with E-state index < -0.39 is 15.8 Å². The quantitative estimate of drug-likeness (QED) is 0.656. The van der Waals surface area contributed by atoms with Crippen LogP contribution in [0.2, 0.25) is 0 Å². The average molecular weight is 390 g/mol. The van der Waals surface area contributed by atoms with Gasteiger partial charge in [0.2, 0.25) is 15.9 Å². The molecule has 1 aliphatic heterocycles. The van der Waals surface area contributed by atoms with Crippen LogP contribution in [0.4, 0.5) is 0 Å². The van der Waals surface area contributed by atoms with Crippen LogP contribution in [-0.2, 0) is 17.1 Å². The zero-order valence-corrected chi connectivity index (χ0v) is 15.6. The molecule has 1 fully saturated rings. The highest BCUT2D eigenvalue weighted by molar-refractivity contribution is 7.89. The molecule has 0 aliphatic carbocycles. The second-order valence-corrected chi connectivity index (χ2v) is 8.40. The lowest BCUT2D eigenvalue weighted by molar-refractivity contribution is 0.204. The molecule has 10 heteroatoms. The van der Waals surface area contributed by atoms with Crippen molar-refractivity contribution < 1.29 is 17.6 Å². The molecular weight excluding hydrogens is 372 g/mol. The smallest absolute Gasteiger partial charge is 0.419 e. The average Bonchev–Trinajstić information content (AvgIpc) is 3.22. The summed E-state index contributed by atoms with van der Waals surface area (Å²) in [6, 6.07) is 7.90. The first kappa shape index (κ1) is 17.7. The van der Waals surface area contributed by atoms with Crippen LogP contribution >= 0.6 is 0 Å². The Labute approximate surface area is 155 Å². The van der Waals surface area contributed by atoms with Gasteiger partial charge in [-0.3, -0.25) is 4.57 Å². The Balaban J connectivity index is 1.55. The maximum atomic E-state index is 13.0. The van der Waals surface area contributed by atoms with E-state index in [9.17, 15) is 13.2 Å². The van der Waals surface area contributed by atoms with Gasteiger partial charge in [0.25, 0.3) is 0 Å². The monoisotopic (exact) mass is 390 g/mol. The summed E-state index contributed by atoms with van der Waals surface area (Å²) < 4.78 is 39.4. The van der Waals surface area contributed by atoms with Crippen molar-refractivity contribution in [2.24, 2.45) is 7.05 Å². The number of oxazole rings is 1. The molecule has 3 heterocycles. The van der Waals surface area contributed by atoms with E-state index in [1.165, 1.54) is 34.1 Å². The van der Waals surface area contributed by atoms with Gasteiger partial charge in [0.15, 0.2) is 5.58 Å². The zero-order chi connectivity index (χ0) is 19.2. The number of aromatic nitrogens is 3. The molecule has 1 saturated heterocycles. The van der Waals surface area contributed by atoms with E-state index in [1.807, 2.05) is 6.92 Å². The fourth-order valence-corrected chi connectivity index (χ4v) is 4.56. The van der Waals surface area contributed by atoms with Gasteiger partial charge in [-0.2, -0.15) is 9.40 Å². The van der Waals surface area contributed by atoms with Crippen molar-refractivity contribution in [3.8, 4) is 5.88 Å². The molecule has 2 aromatic heterocycles. The molecule has 0 saturated carbocycles. The molecule has 3 aromatic rings. The molecule has 0 radical (unpaired) electrons. The highest BCUT2D eigenvalue weighted by atomic mass is 32.2. The summed E-state index contributed by atoms with van der Waals surface area (Å²) in [5.41, 5.74) is 1.56. The molecule has 4 rings (SSSR count). The number of benzene rings is 1. The fourth-order valence-electron chi connectivity index (χ4n) is 3.05. The first-order valence-electron chi connectivity index (χ1n) is 8.41. The van der Waals surface area contributed by atoms with Gasteiger partial charge in [0, 0.05) is 19.7 Å². The van der Waals surface area contributed by atoms with Crippen molar-refractivity contribution in [3.05, 3.63) is 46.6 Å². The molecule has 1 aliphatic rings. The molecule has 0 amide bonds. The van der Waals surface area contributed by atoms with E-state index in [1.54, 1.807) is 12.1 Å². The number of ether oxygens (including phenoxy) is 1. The zero-order valence-electron chi connectivity index (χ0n) is 14.8. The number of rotatable bonds is 4. The minimum absolute atomic E-state index is 0.113. The van der Waals surface area contributed by atoms with Crippen molar-refractivity contribution >= 4 is 21.1 Å². The highest BCUT2D eigenvalue weighted by Crippen LogP contribution is 2.25. The predicted octanol–water partition coefficient (Wildman–Crippen LogP) is 1.07.